The van der Waals surface area contributed by atoms with E-state index in [-0.39, 0.29) is 35.2 Å². The summed E-state index contributed by atoms with van der Waals surface area (Å²) < 4.78 is 15.8. The van der Waals surface area contributed by atoms with E-state index in [1.165, 1.54) is 23.7 Å². The quantitative estimate of drug-likeness (QED) is 0.239. The van der Waals surface area contributed by atoms with Crippen molar-refractivity contribution in [1.82, 2.24) is 9.97 Å². The van der Waals surface area contributed by atoms with Crippen LogP contribution in [0, 0.1) is 5.82 Å². The van der Waals surface area contributed by atoms with E-state index < -0.39 is 11.7 Å². The van der Waals surface area contributed by atoms with Crippen molar-refractivity contribution in [2.24, 2.45) is 11.5 Å². The van der Waals surface area contributed by atoms with Gasteiger partial charge in [0.1, 0.15) is 5.82 Å². The Balaban J connectivity index is 1.37. The van der Waals surface area contributed by atoms with Crippen LogP contribution in [0.1, 0.15) is 45.7 Å². The number of hydrogen-bond donors (Lipinski definition) is 5. The van der Waals surface area contributed by atoms with Crippen LogP contribution in [0.15, 0.2) is 54.9 Å². The van der Waals surface area contributed by atoms with E-state index in [2.05, 4.69) is 25.9 Å². The zero-order valence-electron chi connectivity index (χ0n) is 19.8. The second-order valence-electron chi connectivity index (χ2n) is 8.97. The molecule has 9 nitrogen and oxygen atoms in total. The van der Waals surface area contributed by atoms with Crippen molar-refractivity contribution >= 4 is 56.2 Å². The Labute approximate surface area is 216 Å². The van der Waals surface area contributed by atoms with Gasteiger partial charge < -0.3 is 27.4 Å². The van der Waals surface area contributed by atoms with Crippen molar-refractivity contribution in [2.45, 2.75) is 37.8 Å². The zero-order valence-corrected chi connectivity index (χ0v) is 20.6. The molecule has 4 aromatic rings. The first kappa shape index (κ1) is 24.6. The maximum atomic E-state index is 14.8. The maximum absolute atomic E-state index is 14.8. The van der Waals surface area contributed by atoms with Crippen LogP contribution in [0.2, 0.25) is 0 Å². The minimum absolute atomic E-state index is 0.0166. The van der Waals surface area contributed by atoms with Gasteiger partial charge in [-0.25, -0.2) is 9.37 Å². The number of carbonyl (C=O) groups is 2. The minimum Gasteiger partial charge on any atom is -0.365 e. The van der Waals surface area contributed by atoms with Crippen molar-refractivity contribution in [3.8, 4) is 0 Å². The van der Waals surface area contributed by atoms with Crippen LogP contribution < -0.4 is 27.4 Å². The number of pyridine rings is 2. The Hall–Kier alpha value is -4.09. The highest BCUT2D eigenvalue weighted by Gasteiger charge is 2.24. The number of thiophene rings is 1. The predicted molar refractivity (Wildman–Crippen MR) is 144 cm³/mol. The molecule has 190 valence electrons. The normalized spacial score (nSPS) is 17.4. The fraction of sp³-hybridized carbons (Fsp3) is 0.231. The predicted octanol–water partition coefficient (Wildman–Crippen LogP) is 4.61. The number of amides is 2. The summed E-state index contributed by atoms with van der Waals surface area (Å²) in [6.07, 6.45) is 6.66. The Morgan fingerprint density at radius 3 is 2.59 bits per heavy atom. The number of halogens is 1. The Morgan fingerprint density at radius 2 is 1.81 bits per heavy atom. The maximum Gasteiger partial charge on any atom is 0.265 e. The molecular formula is C26H26FN7O2S. The molecule has 1 saturated carbocycles. The summed E-state index contributed by atoms with van der Waals surface area (Å²) in [6.45, 7) is 0. The molecule has 0 spiro atoms. The Kier molecular flexibility index (Phi) is 6.97. The number of benzene rings is 1. The van der Waals surface area contributed by atoms with Gasteiger partial charge in [0.25, 0.3) is 11.8 Å². The number of fused-ring (bicyclic) bond motifs is 1. The lowest BCUT2D eigenvalue weighted by atomic mass is 9.91. The lowest BCUT2D eigenvalue weighted by Crippen LogP contribution is -2.43. The van der Waals surface area contributed by atoms with Gasteiger partial charge in [0.15, 0.2) is 11.6 Å². The molecule has 1 fully saturated rings. The van der Waals surface area contributed by atoms with Gasteiger partial charge in [0.2, 0.25) is 0 Å². The number of rotatable bonds is 7. The van der Waals surface area contributed by atoms with Gasteiger partial charge in [-0.1, -0.05) is 31.0 Å². The first-order valence-electron chi connectivity index (χ1n) is 11.9. The molecule has 1 aliphatic carbocycles. The monoisotopic (exact) mass is 519 g/mol. The van der Waals surface area contributed by atoms with Gasteiger partial charge in [-0.2, -0.15) is 0 Å². The molecule has 3 aromatic heterocycles. The Bertz CT molecular complexity index is 1440. The molecule has 1 aliphatic rings. The first-order valence-corrected chi connectivity index (χ1v) is 12.7. The average molecular weight is 520 g/mol. The highest BCUT2D eigenvalue weighted by molar-refractivity contribution is 7.20. The van der Waals surface area contributed by atoms with Crippen molar-refractivity contribution in [1.29, 1.82) is 0 Å². The van der Waals surface area contributed by atoms with E-state index in [0.29, 0.717) is 16.3 Å². The van der Waals surface area contributed by atoms with Crippen LogP contribution in [0.4, 0.5) is 27.4 Å². The highest BCUT2D eigenvalue weighted by Crippen LogP contribution is 2.29. The molecule has 37 heavy (non-hydrogen) atoms. The zero-order chi connectivity index (χ0) is 25.9. The second kappa shape index (κ2) is 10.5. The number of carbonyl (C=O) groups excluding carboxylic acids is 2. The van der Waals surface area contributed by atoms with Crippen LogP contribution in [0.3, 0.4) is 0 Å². The van der Waals surface area contributed by atoms with Crippen molar-refractivity contribution < 1.29 is 14.0 Å². The number of hydrogen-bond acceptors (Lipinski definition) is 8. The average Bonchev–Trinajstić information content (AvgIpc) is 3.32. The van der Waals surface area contributed by atoms with Gasteiger partial charge in [-0.05, 0) is 42.5 Å². The number of anilines is 4. The lowest BCUT2D eigenvalue weighted by Gasteiger charge is -2.30. The number of aromatic nitrogens is 2. The molecule has 0 unspecified atom stereocenters. The van der Waals surface area contributed by atoms with E-state index in [1.807, 2.05) is 30.3 Å². The van der Waals surface area contributed by atoms with E-state index in [9.17, 15) is 14.0 Å². The van der Waals surface area contributed by atoms with Crippen molar-refractivity contribution in [3.63, 3.8) is 0 Å². The number of nitrogens with two attached hydrogens (primary N) is 2. The van der Waals surface area contributed by atoms with Crippen LogP contribution >= 0.6 is 11.3 Å². The molecule has 0 saturated heterocycles. The van der Waals surface area contributed by atoms with Crippen LogP contribution in [-0.2, 0) is 0 Å². The molecule has 7 N–H and O–H groups in total. The number of primary amides is 1. The third-order valence-electron chi connectivity index (χ3n) is 6.29. The molecule has 11 heteroatoms. The fourth-order valence-electron chi connectivity index (χ4n) is 4.39. The van der Waals surface area contributed by atoms with Gasteiger partial charge >= 0.3 is 0 Å². The van der Waals surface area contributed by atoms with Crippen LogP contribution in [0.5, 0.6) is 0 Å². The summed E-state index contributed by atoms with van der Waals surface area (Å²) in [6, 6.07) is 12.0. The molecular weight excluding hydrogens is 493 g/mol. The summed E-state index contributed by atoms with van der Waals surface area (Å²) >= 11 is 1.39. The van der Waals surface area contributed by atoms with E-state index in [4.69, 9.17) is 11.5 Å². The molecule has 0 radical (unpaired) electrons. The molecule has 2 atom stereocenters. The van der Waals surface area contributed by atoms with Crippen LogP contribution in [0.25, 0.3) is 10.1 Å². The van der Waals surface area contributed by atoms with Crippen LogP contribution in [-0.4, -0.2) is 33.9 Å². The third-order valence-corrected chi connectivity index (χ3v) is 7.41. The van der Waals surface area contributed by atoms with Gasteiger partial charge in [-0.15, -0.1) is 11.3 Å². The van der Waals surface area contributed by atoms with Gasteiger partial charge in [-0.3, -0.25) is 14.6 Å². The van der Waals surface area contributed by atoms with E-state index >= 15 is 0 Å². The minimum atomic E-state index is -0.836. The Morgan fingerprint density at radius 1 is 1.03 bits per heavy atom. The van der Waals surface area contributed by atoms with E-state index in [1.54, 1.807) is 6.07 Å². The standard InChI is InChI=1S/C26H26FN7O2S/c27-18-11-17(23(29)35)24(34-25(18)33-20-7-3-2-6-19(20)28)31-15-10-16(13-30-12-15)32-26(36)22-9-14-5-1-4-8-21(14)37-22/h1,4-5,8-13,19-20H,2-3,6-7,28H2,(H2,29,35)(H,32,36)(H2,31,33,34)/t19-,20+/m0/s1. The molecule has 5 rings (SSSR count). The van der Waals surface area contributed by atoms with Gasteiger partial charge in [0.05, 0.1) is 34.2 Å². The fourth-order valence-corrected chi connectivity index (χ4v) is 5.35. The summed E-state index contributed by atoms with van der Waals surface area (Å²) in [5.74, 6) is -1.75. The van der Waals surface area contributed by atoms with Gasteiger partial charge in [0, 0.05) is 16.8 Å². The first-order chi connectivity index (χ1) is 17.9. The number of nitrogens with one attached hydrogen (secondary N) is 3. The smallest absolute Gasteiger partial charge is 0.265 e. The lowest BCUT2D eigenvalue weighted by molar-refractivity contribution is 0.0998. The molecule has 2 amide bonds. The molecule has 0 aliphatic heterocycles. The van der Waals surface area contributed by atoms with Crippen molar-refractivity contribution in [3.05, 3.63) is 71.1 Å². The summed E-state index contributed by atoms with van der Waals surface area (Å²) in [5, 5.41) is 9.89. The number of nitrogens with zero attached hydrogens (tertiary/aromatic N) is 2. The van der Waals surface area contributed by atoms with E-state index in [0.717, 1.165) is 41.8 Å². The largest absolute Gasteiger partial charge is 0.365 e. The highest BCUT2D eigenvalue weighted by atomic mass is 32.1. The van der Waals surface area contributed by atoms with Crippen molar-refractivity contribution in [2.75, 3.05) is 16.0 Å². The molecule has 3 heterocycles. The summed E-state index contributed by atoms with van der Waals surface area (Å²) in [7, 11) is 0. The molecule has 0 bridgehead atoms. The molecule has 1 aromatic carbocycles. The summed E-state index contributed by atoms with van der Waals surface area (Å²) in [4.78, 5) is 33.9. The SMILES string of the molecule is NC(=O)c1cc(F)c(N[C@@H]2CCCC[C@@H]2N)nc1Nc1cncc(NC(=O)c2cc3ccccc3s2)c1. The summed E-state index contributed by atoms with van der Waals surface area (Å²) in [5.41, 5.74) is 12.4. The topological polar surface area (TPSA) is 148 Å². The third kappa shape index (κ3) is 5.52. The second-order valence-corrected chi connectivity index (χ2v) is 10.1.